The SMILES string of the molecule is Cc1cc(S(=O)(=O)NC2CCCC2)c(C)cc1OCCN. The number of rotatable bonds is 6. The Morgan fingerprint density at radius 3 is 2.52 bits per heavy atom. The molecule has 118 valence electrons. The van der Waals surface area contributed by atoms with Gasteiger partial charge in [0, 0.05) is 12.6 Å². The highest BCUT2D eigenvalue weighted by atomic mass is 32.2. The van der Waals surface area contributed by atoms with Crippen molar-refractivity contribution in [2.24, 2.45) is 5.73 Å². The van der Waals surface area contributed by atoms with E-state index in [1.165, 1.54) is 0 Å². The Morgan fingerprint density at radius 2 is 1.90 bits per heavy atom. The fraction of sp³-hybridized carbons (Fsp3) is 0.600. The van der Waals surface area contributed by atoms with Gasteiger partial charge in [-0.15, -0.1) is 0 Å². The Balaban J connectivity index is 2.24. The Bertz CT molecular complexity index is 593. The van der Waals surface area contributed by atoms with Gasteiger partial charge in [-0.05, 0) is 49.9 Å². The lowest BCUT2D eigenvalue weighted by Gasteiger charge is -2.16. The van der Waals surface area contributed by atoms with E-state index in [4.69, 9.17) is 10.5 Å². The van der Waals surface area contributed by atoms with Gasteiger partial charge in [0.2, 0.25) is 10.0 Å². The highest BCUT2D eigenvalue weighted by Crippen LogP contribution is 2.27. The van der Waals surface area contributed by atoms with Gasteiger partial charge >= 0.3 is 0 Å². The smallest absolute Gasteiger partial charge is 0.241 e. The van der Waals surface area contributed by atoms with E-state index in [9.17, 15) is 8.42 Å². The van der Waals surface area contributed by atoms with Crippen molar-refractivity contribution in [3.05, 3.63) is 23.3 Å². The maximum Gasteiger partial charge on any atom is 0.241 e. The lowest BCUT2D eigenvalue weighted by molar-refractivity contribution is 0.325. The summed E-state index contributed by atoms with van der Waals surface area (Å²) in [6.07, 6.45) is 4.04. The van der Waals surface area contributed by atoms with Gasteiger partial charge in [0.05, 0.1) is 4.90 Å². The number of hydrogen-bond donors (Lipinski definition) is 2. The number of nitrogens with two attached hydrogens (primary N) is 1. The van der Waals surface area contributed by atoms with Gasteiger partial charge in [0.15, 0.2) is 0 Å². The van der Waals surface area contributed by atoms with Gasteiger partial charge in [-0.25, -0.2) is 13.1 Å². The lowest BCUT2D eigenvalue weighted by atomic mass is 10.1. The first-order valence-electron chi connectivity index (χ1n) is 7.40. The van der Waals surface area contributed by atoms with E-state index in [1.807, 2.05) is 6.92 Å². The third-order valence-corrected chi connectivity index (χ3v) is 5.48. The zero-order valence-electron chi connectivity index (χ0n) is 12.7. The summed E-state index contributed by atoms with van der Waals surface area (Å²) in [7, 11) is -3.46. The Labute approximate surface area is 126 Å². The maximum atomic E-state index is 12.5. The van der Waals surface area contributed by atoms with Gasteiger partial charge in [-0.1, -0.05) is 12.8 Å². The van der Waals surface area contributed by atoms with Crippen molar-refractivity contribution in [1.82, 2.24) is 4.72 Å². The average molecular weight is 312 g/mol. The van der Waals surface area contributed by atoms with E-state index >= 15 is 0 Å². The Morgan fingerprint density at radius 1 is 1.24 bits per heavy atom. The van der Waals surface area contributed by atoms with Crippen molar-refractivity contribution in [3.8, 4) is 5.75 Å². The minimum absolute atomic E-state index is 0.0721. The predicted molar refractivity (Wildman–Crippen MR) is 83.0 cm³/mol. The first kappa shape index (κ1) is 16.3. The van der Waals surface area contributed by atoms with Crippen molar-refractivity contribution in [2.75, 3.05) is 13.2 Å². The van der Waals surface area contributed by atoms with Crippen LogP contribution in [0.4, 0.5) is 0 Å². The fourth-order valence-electron chi connectivity index (χ4n) is 2.70. The molecule has 3 N–H and O–H groups in total. The molecule has 0 saturated heterocycles. The summed E-state index contributed by atoms with van der Waals surface area (Å²) in [6, 6.07) is 3.52. The van der Waals surface area contributed by atoms with Crippen LogP contribution < -0.4 is 15.2 Å². The molecule has 1 fully saturated rings. The van der Waals surface area contributed by atoms with Crippen LogP contribution in [0.2, 0.25) is 0 Å². The summed E-state index contributed by atoms with van der Waals surface area (Å²) in [4.78, 5) is 0.340. The molecule has 1 aliphatic rings. The van der Waals surface area contributed by atoms with Crippen LogP contribution >= 0.6 is 0 Å². The van der Waals surface area contributed by atoms with Gasteiger partial charge in [-0.2, -0.15) is 0 Å². The molecule has 0 amide bonds. The van der Waals surface area contributed by atoms with Crippen molar-refractivity contribution in [3.63, 3.8) is 0 Å². The van der Waals surface area contributed by atoms with E-state index in [-0.39, 0.29) is 6.04 Å². The third kappa shape index (κ3) is 3.96. The Hall–Kier alpha value is -1.11. The summed E-state index contributed by atoms with van der Waals surface area (Å²) in [5.41, 5.74) is 6.92. The molecule has 1 aliphatic carbocycles. The van der Waals surface area contributed by atoms with E-state index < -0.39 is 10.0 Å². The number of hydrogen-bond acceptors (Lipinski definition) is 4. The van der Waals surface area contributed by atoms with Crippen molar-refractivity contribution >= 4 is 10.0 Å². The molecule has 0 radical (unpaired) electrons. The first-order valence-corrected chi connectivity index (χ1v) is 8.89. The molecule has 5 nitrogen and oxygen atoms in total. The van der Waals surface area contributed by atoms with Crippen LogP contribution in [0.1, 0.15) is 36.8 Å². The van der Waals surface area contributed by atoms with Gasteiger partial charge in [0.25, 0.3) is 0 Å². The molecule has 21 heavy (non-hydrogen) atoms. The van der Waals surface area contributed by atoms with Crippen molar-refractivity contribution < 1.29 is 13.2 Å². The molecule has 2 rings (SSSR count). The third-order valence-electron chi connectivity index (χ3n) is 3.81. The summed E-state index contributed by atoms with van der Waals surface area (Å²) in [5, 5.41) is 0. The highest BCUT2D eigenvalue weighted by molar-refractivity contribution is 7.89. The maximum absolute atomic E-state index is 12.5. The van der Waals surface area contributed by atoms with Gasteiger partial charge in [-0.3, -0.25) is 0 Å². The summed E-state index contributed by atoms with van der Waals surface area (Å²) >= 11 is 0. The summed E-state index contributed by atoms with van der Waals surface area (Å²) in [6.45, 7) is 4.49. The molecular weight excluding hydrogens is 288 g/mol. The van der Waals surface area contributed by atoms with Crippen LogP contribution in [0.15, 0.2) is 17.0 Å². The standard InChI is InChI=1S/C15H24N2O3S/c1-11-10-15(12(2)9-14(11)20-8-7-16)21(18,19)17-13-5-3-4-6-13/h9-10,13,17H,3-8,16H2,1-2H3. The van der Waals surface area contributed by atoms with Crippen molar-refractivity contribution in [1.29, 1.82) is 0 Å². The number of ether oxygens (including phenoxy) is 1. The van der Waals surface area contributed by atoms with Crippen LogP contribution in [0.3, 0.4) is 0 Å². The molecule has 0 spiro atoms. The molecule has 0 aliphatic heterocycles. The monoisotopic (exact) mass is 312 g/mol. The van der Waals surface area contributed by atoms with E-state index in [2.05, 4.69) is 4.72 Å². The van der Waals surface area contributed by atoms with Crippen LogP contribution in [0, 0.1) is 13.8 Å². The van der Waals surface area contributed by atoms with Crippen LogP contribution in [-0.4, -0.2) is 27.6 Å². The predicted octanol–water partition coefficient (Wildman–Crippen LogP) is 1.86. The molecule has 1 aromatic carbocycles. The second-order valence-electron chi connectivity index (χ2n) is 5.62. The number of sulfonamides is 1. The van der Waals surface area contributed by atoms with Crippen LogP contribution in [0.5, 0.6) is 5.75 Å². The van der Waals surface area contributed by atoms with Crippen LogP contribution in [0.25, 0.3) is 0 Å². The molecule has 1 saturated carbocycles. The van der Waals surface area contributed by atoms with E-state index in [1.54, 1.807) is 19.1 Å². The topological polar surface area (TPSA) is 81.4 Å². The number of nitrogens with one attached hydrogen (secondary N) is 1. The number of benzene rings is 1. The zero-order valence-corrected chi connectivity index (χ0v) is 13.5. The molecule has 0 aromatic heterocycles. The zero-order chi connectivity index (χ0) is 15.5. The lowest BCUT2D eigenvalue weighted by Crippen LogP contribution is -2.33. The van der Waals surface area contributed by atoms with Gasteiger partial charge in [0.1, 0.15) is 12.4 Å². The normalized spacial score (nSPS) is 16.3. The summed E-state index contributed by atoms with van der Waals surface area (Å²) < 4.78 is 33.4. The highest BCUT2D eigenvalue weighted by Gasteiger charge is 2.24. The molecule has 6 heteroatoms. The quantitative estimate of drug-likeness (QED) is 0.840. The minimum atomic E-state index is -3.46. The molecular formula is C15H24N2O3S. The molecule has 0 heterocycles. The second-order valence-corrected chi connectivity index (χ2v) is 7.31. The molecule has 0 unspecified atom stereocenters. The fourth-order valence-corrected chi connectivity index (χ4v) is 4.32. The first-order chi connectivity index (χ1) is 9.94. The average Bonchev–Trinajstić information content (AvgIpc) is 2.91. The molecule has 0 atom stereocenters. The van der Waals surface area contributed by atoms with E-state index in [0.717, 1.165) is 31.2 Å². The van der Waals surface area contributed by atoms with Crippen LogP contribution in [-0.2, 0) is 10.0 Å². The molecule has 0 bridgehead atoms. The minimum Gasteiger partial charge on any atom is -0.492 e. The number of aryl methyl sites for hydroxylation is 2. The van der Waals surface area contributed by atoms with E-state index in [0.29, 0.717) is 29.4 Å². The molecule has 1 aromatic rings. The second kappa shape index (κ2) is 6.77. The van der Waals surface area contributed by atoms with Crippen molar-refractivity contribution in [2.45, 2.75) is 50.5 Å². The Kier molecular flexibility index (Phi) is 5.24. The summed E-state index contributed by atoms with van der Waals surface area (Å²) in [5.74, 6) is 0.692. The largest absolute Gasteiger partial charge is 0.492 e. The van der Waals surface area contributed by atoms with Gasteiger partial charge < -0.3 is 10.5 Å².